The van der Waals surface area contributed by atoms with Gasteiger partial charge in [-0.25, -0.2) is 0 Å². The fourth-order valence-electron chi connectivity index (χ4n) is 1.76. The molecule has 1 saturated carbocycles. The van der Waals surface area contributed by atoms with Gasteiger partial charge in [0.05, 0.1) is 0 Å². The van der Waals surface area contributed by atoms with E-state index in [2.05, 4.69) is 28.8 Å². The molecular formula is C13H25N3. The molecule has 0 atom stereocenters. The molecule has 0 spiro atoms. The summed E-state index contributed by atoms with van der Waals surface area (Å²) in [6, 6.07) is 0. The molecule has 1 aliphatic rings. The molecular weight excluding hydrogens is 198 g/mol. The zero-order valence-corrected chi connectivity index (χ0v) is 10.7. The monoisotopic (exact) mass is 223 g/mol. The maximum absolute atomic E-state index is 4.29. The molecule has 0 aromatic rings. The van der Waals surface area contributed by atoms with Crippen molar-refractivity contribution in [1.82, 2.24) is 10.2 Å². The minimum absolute atomic E-state index is 0.983. The lowest BCUT2D eigenvalue weighted by Crippen LogP contribution is -2.39. The third kappa shape index (κ3) is 5.19. The first kappa shape index (κ1) is 13.1. The summed E-state index contributed by atoms with van der Waals surface area (Å²) in [5.41, 5.74) is 0. The maximum atomic E-state index is 4.29. The number of allylic oxidation sites excluding steroid dienone is 1. The van der Waals surface area contributed by atoms with Gasteiger partial charge in [-0.1, -0.05) is 18.9 Å². The molecule has 0 aromatic heterocycles. The Hall–Kier alpha value is -0.990. The summed E-state index contributed by atoms with van der Waals surface area (Å²) in [4.78, 5) is 6.48. The Labute approximate surface area is 99.6 Å². The molecule has 0 heterocycles. The number of unbranched alkanes of at least 4 members (excludes halogenated alkanes) is 1. The van der Waals surface area contributed by atoms with Gasteiger partial charge in [0.25, 0.3) is 0 Å². The smallest absolute Gasteiger partial charge is 0.193 e. The Kier molecular flexibility index (Phi) is 5.98. The average Bonchev–Trinajstić information content (AvgIpc) is 3.08. The lowest BCUT2D eigenvalue weighted by Gasteiger charge is -2.21. The molecule has 1 aliphatic carbocycles. The molecule has 0 aromatic carbocycles. The number of aliphatic imine (C=N–C) groups is 1. The van der Waals surface area contributed by atoms with Gasteiger partial charge >= 0.3 is 0 Å². The Morgan fingerprint density at radius 1 is 1.56 bits per heavy atom. The number of hydrogen-bond acceptors (Lipinski definition) is 1. The van der Waals surface area contributed by atoms with Gasteiger partial charge in [-0.2, -0.15) is 0 Å². The largest absolute Gasteiger partial charge is 0.356 e. The molecule has 3 nitrogen and oxygen atoms in total. The van der Waals surface area contributed by atoms with Crippen molar-refractivity contribution in [2.75, 3.05) is 27.2 Å². The molecule has 0 radical (unpaired) electrons. The van der Waals surface area contributed by atoms with E-state index in [0.29, 0.717) is 0 Å². The van der Waals surface area contributed by atoms with Crippen LogP contribution in [0.15, 0.2) is 17.6 Å². The van der Waals surface area contributed by atoms with Gasteiger partial charge in [-0.3, -0.25) is 4.99 Å². The van der Waals surface area contributed by atoms with Gasteiger partial charge in [0.1, 0.15) is 0 Å². The van der Waals surface area contributed by atoms with Crippen LogP contribution in [0.3, 0.4) is 0 Å². The summed E-state index contributed by atoms with van der Waals surface area (Å²) in [5.74, 6) is 2.00. The number of nitrogens with zero attached hydrogens (tertiary/aromatic N) is 2. The third-order valence-electron chi connectivity index (χ3n) is 3.01. The first-order valence-corrected chi connectivity index (χ1v) is 6.30. The topological polar surface area (TPSA) is 27.6 Å². The second kappa shape index (κ2) is 7.31. The quantitative estimate of drug-likeness (QED) is 0.310. The molecule has 0 amide bonds. The van der Waals surface area contributed by atoms with Crippen molar-refractivity contribution >= 4 is 5.96 Å². The van der Waals surface area contributed by atoms with E-state index in [4.69, 9.17) is 0 Å². The zero-order chi connectivity index (χ0) is 11.8. The predicted molar refractivity (Wildman–Crippen MR) is 70.8 cm³/mol. The third-order valence-corrected chi connectivity index (χ3v) is 3.01. The first-order valence-electron chi connectivity index (χ1n) is 6.30. The Bertz CT molecular complexity index is 231. The normalized spacial score (nSPS) is 16.0. The molecule has 1 fully saturated rings. The predicted octanol–water partition coefficient (Wildman–Crippen LogP) is 2.26. The molecule has 3 heteroatoms. The summed E-state index contributed by atoms with van der Waals surface area (Å²) < 4.78 is 0. The van der Waals surface area contributed by atoms with Crippen LogP contribution in [0, 0.1) is 5.92 Å². The van der Waals surface area contributed by atoms with Crippen LogP contribution in [0.1, 0.15) is 32.1 Å². The van der Waals surface area contributed by atoms with Crippen molar-refractivity contribution in [3.8, 4) is 0 Å². The molecule has 0 aliphatic heterocycles. The molecule has 0 saturated heterocycles. The highest BCUT2D eigenvalue weighted by atomic mass is 15.3. The van der Waals surface area contributed by atoms with Crippen LogP contribution in [-0.4, -0.2) is 38.0 Å². The van der Waals surface area contributed by atoms with Crippen molar-refractivity contribution in [1.29, 1.82) is 0 Å². The van der Waals surface area contributed by atoms with E-state index in [1.54, 1.807) is 0 Å². The van der Waals surface area contributed by atoms with Crippen LogP contribution in [0.2, 0.25) is 0 Å². The summed E-state index contributed by atoms with van der Waals surface area (Å²) in [5, 5.41) is 3.42. The number of hydrogen-bond donors (Lipinski definition) is 1. The number of nitrogens with one attached hydrogen (secondary N) is 1. The minimum Gasteiger partial charge on any atom is -0.356 e. The summed E-state index contributed by atoms with van der Waals surface area (Å²) in [6.45, 7) is 5.83. The van der Waals surface area contributed by atoms with Gasteiger partial charge in [0.15, 0.2) is 5.96 Å². The van der Waals surface area contributed by atoms with Gasteiger partial charge in [-0.05, 0) is 25.2 Å². The summed E-state index contributed by atoms with van der Waals surface area (Å²) in [7, 11) is 3.94. The van der Waals surface area contributed by atoms with Crippen LogP contribution in [0.4, 0.5) is 0 Å². The fourth-order valence-corrected chi connectivity index (χ4v) is 1.76. The highest BCUT2D eigenvalue weighted by molar-refractivity contribution is 5.79. The lowest BCUT2D eigenvalue weighted by molar-refractivity contribution is 0.468. The van der Waals surface area contributed by atoms with Gasteiger partial charge in [0, 0.05) is 27.2 Å². The fraction of sp³-hybridized carbons (Fsp3) is 0.769. The Morgan fingerprint density at radius 3 is 2.88 bits per heavy atom. The van der Waals surface area contributed by atoms with Crippen LogP contribution in [0.5, 0.6) is 0 Å². The average molecular weight is 223 g/mol. The standard InChI is InChI=1S/C13H25N3/c1-4-5-6-11-16(3)13(14-2)15-10-9-12-7-8-12/h4,12H,1,5-11H2,2-3H3,(H,14,15). The van der Waals surface area contributed by atoms with E-state index >= 15 is 0 Å². The highest BCUT2D eigenvalue weighted by Gasteiger charge is 2.20. The van der Waals surface area contributed by atoms with Gasteiger partial charge in [0.2, 0.25) is 0 Å². The Balaban J connectivity index is 2.14. The van der Waals surface area contributed by atoms with Crippen molar-refractivity contribution in [2.24, 2.45) is 10.9 Å². The van der Waals surface area contributed by atoms with Crippen molar-refractivity contribution in [3.63, 3.8) is 0 Å². The molecule has 92 valence electrons. The summed E-state index contributed by atoms with van der Waals surface area (Å²) >= 11 is 0. The molecule has 1 rings (SSSR count). The lowest BCUT2D eigenvalue weighted by atomic mass is 10.3. The molecule has 0 bridgehead atoms. The number of guanidine groups is 1. The van der Waals surface area contributed by atoms with E-state index < -0.39 is 0 Å². The van der Waals surface area contributed by atoms with E-state index in [9.17, 15) is 0 Å². The SMILES string of the molecule is C=CCCCN(C)C(=NC)NCCC1CC1. The van der Waals surface area contributed by atoms with Crippen LogP contribution in [-0.2, 0) is 0 Å². The second-order valence-corrected chi connectivity index (χ2v) is 4.56. The van der Waals surface area contributed by atoms with Crippen molar-refractivity contribution in [3.05, 3.63) is 12.7 Å². The van der Waals surface area contributed by atoms with Crippen molar-refractivity contribution < 1.29 is 0 Å². The highest BCUT2D eigenvalue weighted by Crippen LogP contribution is 2.31. The zero-order valence-electron chi connectivity index (χ0n) is 10.7. The summed E-state index contributed by atoms with van der Waals surface area (Å²) in [6.07, 6.45) is 8.33. The number of rotatable bonds is 7. The van der Waals surface area contributed by atoms with Gasteiger partial charge in [-0.15, -0.1) is 6.58 Å². The van der Waals surface area contributed by atoms with E-state index in [-0.39, 0.29) is 0 Å². The van der Waals surface area contributed by atoms with Crippen LogP contribution < -0.4 is 5.32 Å². The van der Waals surface area contributed by atoms with Crippen molar-refractivity contribution in [2.45, 2.75) is 32.1 Å². The second-order valence-electron chi connectivity index (χ2n) is 4.56. The maximum Gasteiger partial charge on any atom is 0.193 e. The van der Waals surface area contributed by atoms with Crippen LogP contribution >= 0.6 is 0 Å². The molecule has 0 unspecified atom stereocenters. The van der Waals surface area contributed by atoms with Crippen LogP contribution in [0.25, 0.3) is 0 Å². The van der Waals surface area contributed by atoms with E-state index in [1.807, 2.05) is 13.1 Å². The molecule has 1 N–H and O–H groups in total. The Morgan fingerprint density at radius 2 is 2.31 bits per heavy atom. The van der Waals surface area contributed by atoms with Gasteiger partial charge < -0.3 is 10.2 Å². The molecule has 16 heavy (non-hydrogen) atoms. The van der Waals surface area contributed by atoms with E-state index in [1.165, 1.54) is 19.3 Å². The first-order chi connectivity index (χ1) is 7.77. The van der Waals surface area contributed by atoms with E-state index in [0.717, 1.165) is 37.8 Å². The minimum atomic E-state index is 0.983.